The molecule has 3 aromatic rings. The van der Waals surface area contributed by atoms with Crippen LogP contribution in [0.25, 0.3) is 0 Å². The fourth-order valence-corrected chi connectivity index (χ4v) is 4.23. The number of hydrogen-bond donors (Lipinski definition) is 2. The Kier molecular flexibility index (Phi) is 7.80. The molecule has 0 aliphatic heterocycles. The maximum absolute atomic E-state index is 12.4. The van der Waals surface area contributed by atoms with Gasteiger partial charge in [0.25, 0.3) is 0 Å². The molecule has 2 N–H and O–H groups in total. The highest BCUT2D eigenvalue weighted by molar-refractivity contribution is 7.99. The Hall–Kier alpha value is -3.00. The average molecular weight is 455 g/mol. The first-order valence-corrected chi connectivity index (χ1v) is 11.7. The van der Waals surface area contributed by atoms with Gasteiger partial charge in [-0.15, -0.1) is 10.2 Å². The van der Waals surface area contributed by atoms with Gasteiger partial charge in [0.15, 0.2) is 17.1 Å². The standard InChI is InChI=1S/C24H30N4O3S/c1-15(2)18-10-6-9-13-21(18)31-17(5)23-26-27-24(28(23)16(3)4)32-14-22(30)25-19-11-7-8-12-20(19)29/h6-13,15-17,29H,14H2,1-5H3,(H,25,30). The molecular formula is C24H30N4O3S. The number of thioether (sulfide) groups is 1. The SMILES string of the molecule is CC(C)c1ccccc1OC(C)c1nnc(SCC(=O)Nc2ccccc2O)n1C(C)C. The van der Waals surface area contributed by atoms with Gasteiger partial charge in [0.1, 0.15) is 11.5 Å². The van der Waals surface area contributed by atoms with Crippen molar-refractivity contribution in [3.63, 3.8) is 0 Å². The number of phenolic OH excluding ortho intramolecular Hbond substituents is 1. The van der Waals surface area contributed by atoms with Crippen LogP contribution in [0.4, 0.5) is 5.69 Å². The highest BCUT2D eigenvalue weighted by Crippen LogP contribution is 2.32. The average Bonchev–Trinajstić information content (AvgIpc) is 3.19. The molecule has 0 aliphatic rings. The van der Waals surface area contributed by atoms with Crippen LogP contribution in [0.15, 0.2) is 53.7 Å². The number of hydrogen-bond acceptors (Lipinski definition) is 6. The van der Waals surface area contributed by atoms with Gasteiger partial charge < -0.3 is 19.7 Å². The Morgan fingerprint density at radius 2 is 1.75 bits per heavy atom. The van der Waals surface area contributed by atoms with Gasteiger partial charge in [-0.3, -0.25) is 4.79 Å². The number of carbonyl (C=O) groups excluding carboxylic acids is 1. The summed E-state index contributed by atoms with van der Waals surface area (Å²) in [6.45, 7) is 10.3. The van der Waals surface area contributed by atoms with Crippen molar-refractivity contribution in [1.82, 2.24) is 14.8 Å². The number of phenols is 1. The summed E-state index contributed by atoms with van der Waals surface area (Å²) in [5, 5.41) is 21.9. The van der Waals surface area contributed by atoms with Crippen LogP contribution in [0.2, 0.25) is 0 Å². The van der Waals surface area contributed by atoms with Gasteiger partial charge in [-0.25, -0.2) is 0 Å². The van der Waals surface area contributed by atoms with Crippen LogP contribution in [0.5, 0.6) is 11.5 Å². The third kappa shape index (κ3) is 5.62. The number of carbonyl (C=O) groups is 1. The molecule has 0 radical (unpaired) electrons. The number of rotatable bonds is 9. The van der Waals surface area contributed by atoms with Crippen LogP contribution >= 0.6 is 11.8 Å². The van der Waals surface area contributed by atoms with Crippen LogP contribution in [0.1, 0.15) is 64.1 Å². The van der Waals surface area contributed by atoms with Crippen LogP contribution in [0.3, 0.4) is 0 Å². The second-order valence-corrected chi connectivity index (χ2v) is 9.05. The lowest BCUT2D eigenvalue weighted by molar-refractivity contribution is -0.113. The summed E-state index contributed by atoms with van der Waals surface area (Å²) in [7, 11) is 0. The zero-order chi connectivity index (χ0) is 23.3. The Bertz CT molecular complexity index is 1060. The summed E-state index contributed by atoms with van der Waals surface area (Å²) in [6, 6.07) is 14.8. The van der Waals surface area contributed by atoms with E-state index in [9.17, 15) is 9.90 Å². The van der Waals surface area contributed by atoms with Crippen molar-refractivity contribution in [2.45, 2.75) is 57.8 Å². The molecule has 32 heavy (non-hydrogen) atoms. The Balaban J connectivity index is 1.72. The van der Waals surface area contributed by atoms with Crippen molar-refractivity contribution in [1.29, 1.82) is 0 Å². The predicted molar refractivity (Wildman–Crippen MR) is 127 cm³/mol. The van der Waals surface area contributed by atoms with Crippen LogP contribution in [0, 0.1) is 0 Å². The summed E-state index contributed by atoms with van der Waals surface area (Å²) in [6.07, 6.45) is -0.311. The number of nitrogens with zero attached hydrogens (tertiary/aromatic N) is 3. The number of aromatic hydroxyl groups is 1. The summed E-state index contributed by atoms with van der Waals surface area (Å²) < 4.78 is 8.28. The molecule has 0 bridgehead atoms. The van der Waals surface area contributed by atoms with E-state index in [0.717, 1.165) is 11.3 Å². The van der Waals surface area contributed by atoms with Crippen LogP contribution in [-0.4, -0.2) is 31.5 Å². The Morgan fingerprint density at radius 1 is 1.06 bits per heavy atom. The van der Waals surface area contributed by atoms with Gasteiger partial charge in [-0.1, -0.05) is 55.9 Å². The topological polar surface area (TPSA) is 89.3 Å². The van der Waals surface area contributed by atoms with E-state index in [0.29, 0.717) is 22.6 Å². The van der Waals surface area contributed by atoms with E-state index < -0.39 is 0 Å². The van der Waals surface area contributed by atoms with Crippen molar-refractivity contribution < 1.29 is 14.6 Å². The molecular weight excluding hydrogens is 424 g/mol. The first-order valence-electron chi connectivity index (χ1n) is 10.7. The summed E-state index contributed by atoms with van der Waals surface area (Å²) >= 11 is 1.30. The molecule has 0 aliphatic carbocycles. The van der Waals surface area contributed by atoms with Gasteiger partial charge in [-0.05, 0) is 50.5 Å². The smallest absolute Gasteiger partial charge is 0.234 e. The van der Waals surface area contributed by atoms with E-state index in [2.05, 4.69) is 35.4 Å². The minimum Gasteiger partial charge on any atom is -0.506 e. The minimum atomic E-state index is -0.311. The fourth-order valence-electron chi connectivity index (χ4n) is 3.35. The van der Waals surface area contributed by atoms with Crippen molar-refractivity contribution in [3.8, 4) is 11.5 Å². The molecule has 1 atom stereocenters. The van der Waals surface area contributed by atoms with Gasteiger partial charge in [0, 0.05) is 6.04 Å². The maximum Gasteiger partial charge on any atom is 0.234 e. The highest BCUT2D eigenvalue weighted by Gasteiger charge is 2.23. The van der Waals surface area contributed by atoms with E-state index in [1.54, 1.807) is 18.2 Å². The van der Waals surface area contributed by atoms with E-state index in [4.69, 9.17) is 4.74 Å². The summed E-state index contributed by atoms with van der Waals surface area (Å²) in [5.74, 6) is 1.84. The minimum absolute atomic E-state index is 0.0335. The molecule has 170 valence electrons. The van der Waals surface area contributed by atoms with E-state index in [1.165, 1.54) is 17.8 Å². The lowest BCUT2D eigenvalue weighted by atomic mass is 10.0. The van der Waals surface area contributed by atoms with Gasteiger partial charge in [0.2, 0.25) is 5.91 Å². The molecule has 3 rings (SSSR count). The molecule has 0 saturated heterocycles. The van der Waals surface area contributed by atoms with E-state index in [-0.39, 0.29) is 29.6 Å². The molecule has 0 saturated carbocycles. The molecule has 0 spiro atoms. The van der Waals surface area contributed by atoms with Gasteiger partial charge in [0.05, 0.1) is 11.4 Å². The largest absolute Gasteiger partial charge is 0.506 e. The van der Waals surface area contributed by atoms with Gasteiger partial charge in [-0.2, -0.15) is 0 Å². The normalized spacial score (nSPS) is 12.2. The van der Waals surface area contributed by atoms with Crippen LogP contribution < -0.4 is 10.1 Å². The third-order valence-corrected chi connectivity index (χ3v) is 5.87. The number of nitrogens with one attached hydrogen (secondary N) is 1. The molecule has 8 heteroatoms. The zero-order valence-corrected chi connectivity index (χ0v) is 19.9. The number of benzene rings is 2. The van der Waals surface area contributed by atoms with Crippen molar-refractivity contribution in [2.24, 2.45) is 0 Å². The molecule has 1 amide bonds. The summed E-state index contributed by atoms with van der Waals surface area (Å²) in [5.41, 5.74) is 1.53. The molecule has 2 aromatic carbocycles. The number of anilines is 1. The monoisotopic (exact) mass is 454 g/mol. The maximum atomic E-state index is 12.4. The first kappa shape index (κ1) is 23.7. The molecule has 1 aromatic heterocycles. The van der Waals surface area contributed by atoms with Crippen molar-refractivity contribution in [3.05, 3.63) is 59.9 Å². The molecule has 1 unspecified atom stereocenters. The first-order chi connectivity index (χ1) is 15.3. The molecule has 0 fully saturated rings. The Labute approximate surface area is 193 Å². The predicted octanol–water partition coefficient (Wildman–Crippen LogP) is 5.56. The number of amides is 1. The second kappa shape index (κ2) is 10.5. The second-order valence-electron chi connectivity index (χ2n) is 8.11. The van der Waals surface area contributed by atoms with Crippen LogP contribution in [-0.2, 0) is 4.79 Å². The zero-order valence-electron chi connectivity index (χ0n) is 19.1. The molecule has 1 heterocycles. The number of aromatic nitrogens is 3. The fraction of sp³-hybridized carbons (Fsp3) is 0.375. The Morgan fingerprint density at radius 3 is 2.44 bits per heavy atom. The lowest BCUT2D eigenvalue weighted by Gasteiger charge is -2.21. The molecule has 7 nitrogen and oxygen atoms in total. The summed E-state index contributed by atoms with van der Waals surface area (Å²) in [4.78, 5) is 12.4. The lowest BCUT2D eigenvalue weighted by Crippen LogP contribution is -2.17. The third-order valence-electron chi connectivity index (χ3n) is 4.93. The van der Waals surface area contributed by atoms with E-state index >= 15 is 0 Å². The van der Waals surface area contributed by atoms with Crippen molar-refractivity contribution >= 4 is 23.4 Å². The number of para-hydroxylation sites is 3. The van der Waals surface area contributed by atoms with Gasteiger partial charge >= 0.3 is 0 Å². The number of ether oxygens (including phenoxy) is 1. The quantitative estimate of drug-likeness (QED) is 0.325. The highest BCUT2D eigenvalue weighted by atomic mass is 32.2. The van der Waals surface area contributed by atoms with Crippen molar-refractivity contribution in [2.75, 3.05) is 11.1 Å². The van der Waals surface area contributed by atoms with E-state index in [1.807, 2.05) is 43.5 Å².